The Kier molecular flexibility index (Phi) is 5.29. The van der Waals surface area contributed by atoms with E-state index in [1.54, 1.807) is 0 Å². The maximum atomic E-state index is 12.0. The van der Waals surface area contributed by atoms with Gasteiger partial charge in [0.1, 0.15) is 5.75 Å². The monoisotopic (exact) mass is 304 g/mol. The van der Waals surface area contributed by atoms with Gasteiger partial charge in [-0.3, -0.25) is 4.79 Å². The Balaban J connectivity index is 1.48. The van der Waals surface area contributed by atoms with E-state index in [1.807, 2.05) is 24.3 Å². The van der Waals surface area contributed by atoms with Crippen molar-refractivity contribution in [3.05, 3.63) is 29.8 Å². The summed E-state index contributed by atoms with van der Waals surface area (Å²) in [6.07, 6.45) is 4.31. The van der Waals surface area contributed by atoms with E-state index < -0.39 is 0 Å². The molecule has 2 N–H and O–H groups in total. The molecule has 0 aromatic heterocycles. The zero-order valence-corrected chi connectivity index (χ0v) is 12.8. The summed E-state index contributed by atoms with van der Waals surface area (Å²) in [6.45, 7) is 2.66. The van der Waals surface area contributed by atoms with Crippen molar-refractivity contribution >= 4 is 5.91 Å². The van der Waals surface area contributed by atoms with Crippen molar-refractivity contribution < 1.29 is 14.3 Å². The molecule has 0 bridgehead atoms. The maximum Gasteiger partial charge on any atom is 0.221 e. The summed E-state index contributed by atoms with van der Waals surface area (Å²) < 4.78 is 11.3. The van der Waals surface area contributed by atoms with Gasteiger partial charge in [-0.15, -0.1) is 0 Å². The van der Waals surface area contributed by atoms with Gasteiger partial charge in [-0.1, -0.05) is 18.2 Å². The first-order valence-corrected chi connectivity index (χ1v) is 8.13. The van der Waals surface area contributed by atoms with Crippen LogP contribution in [0.2, 0.25) is 0 Å². The summed E-state index contributed by atoms with van der Waals surface area (Å²) in [7, 11) is 0. The van der Waals surface area contributed by atoms with Crippen LogP contribution in [-0.2, 0) is 16.1 Å². The second-order valence-corrected chi connectivity index (χ2v) is 5.99. The van der Waals surface area contributed by atoms with E-state index in [0.29, 0.717) is 25.7 Å². The number of rotatable bonds is 6. The molecule has 1 saturated carbocycles. The fourth-order valence-electron chi connectivity index (χ4n) is 2.67. The summed E-state index contributed by atoms with van der Waals surface area (Å²) in [5.74, 6) is 0.938. The Hall–Kier alpha value is -1.59. The molecule has 1 amide bonds. The SMILES string of the molecule is O=C(CC1COCCN1)NCc1ccccc1OC1CCC1. The molecule has 1 unspecified atom stereocenters. The van der Waals surface area contributed by atoms with E-state index >= 15 is 0 Å². The Morgan fingerprint density at radius 2 is 2.23 bits per heavy atom. The van der Waals surface area contributed by atoms with Crippen molar-refractivity contribution in [2.45, 2.75) is 44.4 Å². The first-order valence-electron chi connectivity index (χ1n) is 8.13. The number of nitrogens with one attached hydrogen (secondary N) is 2. The van der Waals surface area contributed by atoms with Gasteiger partial charge in [-0.05, 0) is 25.3 Å². The van der Waals surface area contributed by atoms with Crippen molar-refractivity contribution in [2.24, 2.45) is 0 Å². The molecule has 1 saturated heterocycles. The molecule has 1 aromatic carbocycles. The molecular formula is C17H24N2O3. The lowest BCUT2D eigenvalue weighted by atomic mass is 9.96. The van der Waals surface area contributed by atoms with Gasteiger partial charge < -0.3 is 20.1 Å². The van der Waals surface area contributed by atoms with Crippen LogP contribution in [0.25, 0.3) is 0 Å². The van der Waals surface area contributed by atoms with Crippen LogP contribution in [0.3, 0.4) is 0 Å². The van der Waals surface area contributed by atoms with Crippen molar-refractivity contribution in [1.29, 1.82) is 0 Å². The summed E-state index contributed by atoms with van der Waals surface area (Å²) in [4.78, 5) is 12.0. The minimum atomic E-state index is 0.0430. The Labute approximate surface area is 131 Å². The molecular weight excluding hydrogens is 280 g/mol. The molecule has 1 aliphatic heterocycles. The molecule has 3 rings (SSSR count). The fraction of sp³-hybridized carbons (Fsp3) is 0.588. The molecule has 5 nitrogen and oxygen atoms in total. The first kappa shape index (κ1) is 15.3. The van der Waals surface area contributed by atoms with E-state index in [1.165, 1.54) is 6.42 Å². The van der Waals surface area contributed by atoms with Crippen LogP contribution in [0.5, 0.6) is 5.75 Å². The summed E-state index contributed by atoms with van der Waals surface area (Å²) in [5.41, 5.74) is 1.04. The number of carbonyl (C=O) groups excluding carboxylic acids is 1. The lowest BCUT2D eigenvalue weighted by Gasteiger charge is -2.27. The number of hydrogen-bond donors (Lipinski definition) is 2. The van der Waals surface area contributed by atoms with E-state index in [2.05, 4.69) is 10.6 Å². The average molecular weight is 304 g/mol. The topological polar surface area (TPSA) is 59.6 Å². The number of hydrogen-bond acceptors (Lipinski definition) is 4. The maximum absolute atomic E-state index is 12.0. The summed E-state index contributed by atoms with van der Waals surface area (Å²) in [5, 5.41) is 6.27. The zero-order valence-electron chi connectivity index (χ0n) is 12.8. The third-order valence-corrected chi connectivity index (χ3v) is 4.22. The van der Waals surface area contributed by atoms with E-state index in [9.17, 15) is 4.79 Å². The molecule has 1 atom stereocenters. The second kappa shape index (κ2) is 7.61. The summed E-state index contributed by atoms with van der Waals surface area (Å²) >= 11 is 0. The number of para-hydroxylation sites is 1. The lowest BCUT2D eigenvalue weighted by molar-refractivity contribution is -0.122. The standard InChI is InChI=1S/C17H24N2O3/c20-17(10-14-12-21-9-8-18-14)19-11-13-4-1-2-7-16(13)22-15-5-3-6-15/h1-2,4,7,14-15,18H,3,5-6,8-12H2,(H,19,20). The van der Waals surface area contributed by atoms with E-state index in [0.717, 1.165) is 37.3 Å². The minimum Gasteiger partial charge on any atom is -0.490 e. The van der Waals surface area contributed by atoms with Crippen molar-refractivity contribution in [2.75, 3.05) is 19.8 Å². The largest absolute Gasteiger partial charge is 0.490 e. The molecule has 1 aromatic rings. The van der Waals surface area contributed by atoms with Gasteiger partial charge in [0.15, 0.2) is 0 Å². The van der Waals surface area contributed by atoms with Gasteiger partial charge in [0, 0.05) is 31.1 Å². The Morgan fingerprint density at radius 3 is 2.95 bits per heavy atom. The molecule has 2 fully saturated rings. The number of carbonyl (C=O) groups is 1. The molecule has 1 heterocycles. The number of ether oxygens (including phenoxy) is 2. The van der Waals surface area contributed by atoms with Crippen LogP contribution in [0.1, 0.15) is 31.2 Å². The summed E-state index contributed by atoms with van der Waals surface area (Å²) in [6, 6.07) is 8.07. The van der Waals surface area contributed by atoms with Gasteiger partial charge in [0.05, 0.1) is 19.3 Å². The highest BCUT2D eigenvalue weighted by atomic mass is 16.5. The molecule has 0 spiro atoms. The highest BCUT2D eigenvalue weighted by Crippen LogP contribution is 2.27. The zero-order chi connectivity index (χ0) is 15.2. The van der Waals surface area contributed by atoms with Crippen LogP contribution in [0, 0.1) is 0 Å². The van der Waals surface area contributed by atoms with Crippen molar-refractivity contribution in [1.82, 2.24) is 10.6 Å². The number of amides is 1. The minimum absolute atomic E-state index is 0.0430. The van der Waals surface area contributed by atoms with E-state index in [-0.39, 0.29) is 11.9 Å². The van der Waals surface area contributed by atoms with Crippen LogP contribution in [-0.4, -0.2) is 37.8 Å². The molecule has 120 valence electrons. The van der Waals surface area contributed by atoms with E-state index in [4.69, 9.17) is 9.47 Å². The normalized spacial score (nSPS) is 21.9. The van der Waals surface area contributed by atoms with Crippen molar-refractivity contribution in [3.63, 3.8) is 0 Å². The number of morpholine rings is 1. The number of benzene rings is 1. The average Bonchev–Trinajstić information content (AvgIpc) is 2.51. The molecule has 0 radical (unpaired) electrons. The van der Waals surface area contributed by atoms with Crippen LogP contribution < -0.4 is 15.4 Å². The quantitative estimate of drug-likeness (QED) is 0.838. The highest BCUT2D eigenvalue weighted by molar-refractivity contribution is 5.76. The van der Waals surface area contributed by atoms with Gasteiger partial charge in [-0.25, -0.2) is 0 Å². The highest BCUT2D eigenvalue weighted by Gasteiger charge is 2.20. The van der Waals surface area contributed by atoms with Crippen molar-refractivity contribution in [3.8, 4) is 5.75 Å². The third-order valence-electron chi connectivity index (χ3n) is 4.22. The molecule has 22 heavy (non-hydrogen) atoms. The predicted octanol–water partition coefficient (Wildman–Crippen LogP) is 1.61. The third kappa shape index (κ3) is 4.21. The molecule has 5 heteroatoms. The lowest BCUT2D eigenvalue weighted by Crippen LogP contribution is -2.44. The van der Waals surface area contributed by atoms with Gasteiger partial charge in [0.2, 0.25) is 5.91 Å². The van der Waals surface area contributed by atoms with Crippen LogP contribution in [0.15, 0.2) is 24.3 Å². The van der Waals surface area contributed by atoms with Crippen LogP contribution >= 0.6 is 0 Å². The first-order chi connectivity index (χ1) is 10.8. The van der Waals surface area contributed by atoms with Gasteiger partial charge >= 0.3 is 0 Å². The Bertz CT molecular complexity index is 496. The second-order valence-electron chi connectivity index (χ2n) is 5.99. The predicted molar refractivity (Wildman–Crippen MR) is 83.8 cm³/mol. The molecule has 2 aliphatic rings. The molecule has 1 aliphatic carbocycles. The van der Waals surface area contributed by atoms with Gasteiger partial charge in [0.25, 0.3) is 0 Å². The Morgan fingerprint density at radius 1 is 1.36 bits per heavy atom. The van der Waals surface area contributed by atoms with Crippen LogP contribution in [0.4, 0.5) is 0 Å². The fourth-order valence-corrected chi connectivity index (χ4v) is 2.67. The smallest absolute Gasteiger partial charge is 0.221 e. The van der Waals surface area contributed by atoms with Gasteiger partial charge in [-0.2, -0.15) is 0 Å².